The van der Waals surface area contributed by atoms with Crippen molar-refractivity contribution in [3.05, 3.63) is 39.8 Å². The van der Waals surface area contributed by atoms with Crippen molar-refractivity contribution in [3.63, 3.8) is 0 Å². The van der Waals surface area contributed by atoms with Crippen molar-refractivity contribution in [1.29, 1.82) is 0 Å². The molecule has 0 bridgehead atoms. The van der Waals surface area contributed by atoms with Gasteiger partial charge in [0, 0.05) is 12.1 Å². The molecular weight excluding hydrogens is 302 g/mol. The van der Waals surface area contributed by atoms with Gasteiger partial charge in [0.05, 0.1) is 11.4 Å². The number of aromatic nitrogens is 2. The zero-order valence-electron chi connectivity index (χ0n) is 11.8. The Morgan fingerprint density at radius 2 is 2.00 bits per heavy atom. The first-order valence-corrected chi connectivity index (χ1v) is 7.18. The van der Waals surface area contributed by atoms with Crippen LogP contribution in [0.4, 0.5) is 0 Å². The van der Waals surface area contributed by atoms with Crippen LogP contribution >= 0.6 is 15.9 Å². The van der Waals surface area contributed by atoms with Gasteiger partial charge in [0.15, 0.2) is 4.73 Å². The van der Waals surface area contributed by atoms with Gasteiger partial charge in [0.2, 0.25) is 0 Å². The summed E-state index contributed by atoms with van der Waals surface area (Å²) in [6, 6.07) is 6.55. The average molecular weight is 322 g/mol. The van der Waals surface area contributed by atoms with Crippen LogP contribution in [0.5, 0.6) is 0 Å². The van der Waals surface area contributed by atoms with E-state index in [1.807, 2.05) is 0 Å². The summed E-state index contributed by atoms with van der Waals surface area (Å²) in [5, 5.41) is 0. The normalized spacial score (nSPS) is 11.9. The highest BCUT2D eigenvalue weighted by molar-refractivity contribution is 9.10. The third-order valence-corrected chi connectivity index (χ3v) is 3.69. The van der Waals surface area contributed by atoms with Crippen molar-refractivity contribution >= 4 is 15.9 Å². The topological polar surface area (TPSA) is 54.7 Å². The highest BCUT2D eigenvalue weighted by Gasteiger charge is 2.18. The first-order valence-electron chi connectivity index (χ1n) is 6.39. The average Bonchev–Trinajstić information content (AvgIpc) is 2.69. The van der Waals surface area contributed by atoms with Crippen LogP contribution in [-0.4, -0.2) is 9.97 Å². The van der Waals surface area contributed by atoms with Crippen molar-refractivity contribution in [2.75, 3.05) is 0 Å². The number of H-pyrrole nitrogens is 1. The predicted molar refractivity (Wildman–Crippen MR) is 83.1 cm³/mol. The lowest BCUT2D eigenvalue weighted by molar-refractivity contribution is 0.590. The third kappa shape index (κ3) is 2.90. The van der Waals surface area contributed by atoms with E-state index in [0.717, 1.165) is 21.7 Å². The van der Waals surface area contributed by atoms with Gasteiger partial charge in [-0.3, -0.25) is 0 Å². The number of hydrogen-bond acceptors (Lipinski definition) is 2. The van der Waals surface area contributed by atoms with E-state index < -0.39 is 0 Å². The van der Waals surface area contributed by atoms with E-state index in [0.29, 0.717) is 6.54 Å². The van der Waals surface area contributed by atoms with E-state index in [4.69, 9.17) is 5.73 Å². The maximum absolute atomic E-state index is 5.78. The van der Waals surface area contributed by atoms with Gasteiger partial charge in [-0.25, -0.2) is 4.98 Å². The number of benzene rings is 1. The Morgan fingerprint density at radius 1 is 1.32 bits per heavy atom. The lowest BCUT2D eigenvalue weighted by atomic mass is 9.85. The number of nitrogens with two attached hydrogens (primary N) is 1. The fourth-order valence-corrected chi connectivity index (χ4v) is 2.51. The summed E-state index contributed by atoms with van der Waals surface area (Å²) in [6.45, 7) is 9.20. The zero-order valence-corrected chi connectivity index (χ0v) is 13.4. The molecule has 1 aromatic carbocycles. The summed E-state index contributed by atoms with van der Waals surface area (Å²) in [7, 11) is 0. The summed E-state index contributed by atoms with van der Waals surface area (Å²) < 4.78 is 0.725. The second-order valence-electron chi connectivity index (χ2n) is 5.84. The van der Waals surface area contributed by atoms with Gasteiger partial charge >= 0.3 is 0 Å². The number of halogens is 1. The van der Waals surface area contributed by atoms with Crippen LogP contribution in [0, 0.1) is 6.92 Å². The van der Waals surface area contributed by atoms with E-state index >= 15 is 0 Å². The Balaban J connectivity index is 2.61. The Kier molecular flexibility index (Phi) is 3.83. The molecule has 19 heavy (non-hydrogen) atoms. The third-order valence-electron chi connectivity index (χ3n) is 3.31. The first-order chi connectivity index (χ1) is 8.82. The molecule has 3 N–H and O–H groups in total. The maximum Gasteiger partial charge on any atom is 0.175 e. The molecule has 0 fully saturated rings. The molecule has 4 heteroatoms. The van der Waals surface area contributed by atoms with Gasteiger partial charge in [-0.2, -0.15) is 0 Å². The molecule has 102 valence electrons. The fraction of sp³-hybridized carbons (Fsp3) is 0.400. The van der Waals surface area contributed by atoms with Gasteiger partial charge in [0.1, 0.15) is 0 Å². The fourth-order valence-electron chi connectivity index (χ4n) is 2.09. The number of imidazole rings is 1. The Labute approximate surface area is 122 Å². The van der Waals surface area contributed by atoms with Crippen LogP contribution < -0.4 is 5.73 Å². The molecule has 1 heterocycles. The van der Waals surface area contributed by atoms with Crippen LogP contribution in [0.25, 0.3) is 11.3 Å². The minimum Gasteiger partial charge on any atom is -0.335 e. The predicted octanol–water partition coefficient (Wildman–Crippen LogP) is 3.90. The van der Waals surface area contributed by atoms with Crippen molar-refractivity contribution in [2.24, 2.45) is 5.73 Å². The maximum atomic E-state index is 5.78. The molecule has 0 saturated heterocycles. The van der Waals surface area contributed by atoms with E-state index in [1.165, 1.54) is 11.1 Å². The molecule has 3 nitrogen and oxygen atoms in total. The summed E-state index contributed by atoms with van der Waals surface area (Å²) in [5.74, 6) is 0. The largest absolute Gasteiger partial charge is 0.335 e. The van der Waals surface area contributed by atoms with Crippen LogP contribution in [0.2, 0.25) is 0 Å². The minimum atomic E-state index is 0.124. The molecule has 0 atom stereocenters. The number of aryl methyl sites for hydroxylation is 1. The van der Waals surface area contributed by atoms with Crippen LogP contribution in [0.3, 0.4) is 0 Å². The Hall–Kier alpha value is -1.13. The summed E-state index contributed by atoms with van der Waals surface area (Å²) in [5.41, 5.74) is 11.5. The van der Waals surface area contributed by atoms with Gasteiger partial charge in [-0.15, -0.1) is 0 Å². The van der Waals surface area contributed by atoms with Crippen molar-refractivity contribution in [1.82, 2.24) is 9.97 Å². The zero-order chi connectivity index (χ0) is 14.2. The molecule has 0 saturated carbocycles. The van der Waals surface area contributed by atoms with Crippen LogP contribution in [0.1, 0.15) is 37.6 Å². The molecule has 0 aliphatic carbocycles. The minimum absolute atomic E-state index is 0.124. The number of nitrogens with one attached hydrogen (secondary N) is 1. The quantitative estimate of drug-likeness (QED) is 0.881. The molecular formula is C15H20BrN3. The van der Waals surface area contributed by atoms with Gasteiger partial charge < -0.3 is 10.7 Å². The lowest BCUT2D eigenvalue weighted by Crippen LogP contribution is -2.11. The smallest absolute Gasteiger partial charge is 0.175 e. The number of hydrogen-bond donors (Lipinski definition) is 2. The van der Waals surface area contributed by atoms with E-state index in [2.05, 4.69) is 71.8 Å². The van der Waals surface area contributed by atoms with Crippen molar-refractivity contribution in [3.8, 4) is 11.3 Å². The van der Waals surface area contributed by atoms with E-state index in [-0.39, 0.29) is 5.41 Å². The molecule has 0 radical (unpaired) electrons. The Morgan fingerprint density at radius 3 is 2.58 bits per heavy atom. The van der Waals surface area contributed by atoms with E-state index in [9.17, 15) is 0 Å². The summed E-state index contributed by atoms with van der Waals surface area (Å²) >= 11 is 3.38. The number of aromatic amines is 1. The van der Waals surface area contributed by atoms with Crippen molar-refractivity contribution in [2.45, 2.75) is 39.7 Å². The lowest BCUT2D eigenvalue weighted by Gasteiger charge is -2.20. The second-order valence-corrected chi connectivity index (χ2v) is 6.59. The number of nitrogens with zero attached hydrogens (tertiary/aromatic N) is 1. The molecule has 1 aromatic heterocycles. The van der Waals surface area contributed by atoms with Crippen LogP contribution in [-0.2, 0) is 12.0 Å². The number of rotatable bonds is 2. The standard InChI is InChI=1S/C15H20BrN3/c1-9-5-6-10(15(2,3)4)7-11(9)13-12(8-17)18-14(16)19-13/h5-7H,8,17H2,1-4H3,(H,18,19). The monoisotopic (exact) mass is 321 g/mol. The van der Waals surface area contributed by atoms with E-state index in [1.54, 1.807) is 0 Å². The van der Waals surface area contributed by atoms with Gasteiger partial charge in [-0.1, -0.05) is 32.9 Å². The highest BCUT2D eigenvalue weighted by atomic mass is 79.9. The summed E-state index contributed by atoms with van der Waals surface area (Å²) in [4.78, 5) is 7.68. The molecule has 0 spiro atoms. The molecule has 0 unspecified atom stereocenters. The highest BCUT2D eigenvalue weighted by Crippen LogP contribution is 2.31. The molecule has 0 aliphatic rings. The van der Waals surface area contributed by atoms with Crippen molar-refractivity contribution < 1.29 is 0 Å². The van der Waals surface area contributed by atoms with Gasteiger partial charge in [-0.05, 0) is 45.5 Å². The SMILES string of the molecule is Cc1ccc(C(C)(C)C)cc1-c1nc(Br)[nH]c1CN. The first kappa shape index (κ1) is 14.3. The molecule has 0 amide bonds. The molecule has 2 aromatic rings. The van der Waals surface area contributed by atoms with Crippen LogP contribution in [0.15, 0.2) is 22.9 Å². The molecule has 0 aliphatic heterocycles. The second kappa shape index (κ2) is 5.10. The van der Waals surface area contributed by atoms with Gasteiger partial charge in [0.25, 0.3) is 0 Å². The molecule has 2 rings (SSSR count). The summed E-state index contributed by atoms with van der Waals surface area (Å²) in [6.07, 6.45) is 0. The Bertz CT molecular complexity index is 594.